The van der Waals surface area contributed by atoms with Gasteiger partial charge in [-0.05, 0) is 36.4 Å². The van der Waals surface area contributed by atoms with E-state index >= 15 is 0 Å². The molecular formula is C22H24N4O3. The van der Waals surface area contributed by atoms with E-state index in [2.05, 4.69) is 15.1 Å². The maximum atomic E-state index is 12.1. The Morgan fingerprint density at radius 2 is 1.93 bits per heavy atom. The Labute approximate surface area is 169 Å². The highest BCUT2D eigenvalue weighted by atomic mass is 16.5. The van der Waals surface area contributed by atoms with Gasteiger partial charge in [-0.15, -0.1) is 0 Å². The minimum absolute atomic E-state index is 0.0914. The summed E-state index contributed by atoms with van der Waals surface area (Å²) < 4.78 is 11.3. The summed E-state index contributed by atoms with van der Waals surface area (Å²) in [6.07, 6.45) is 2.27. The van der Waals surface area contributed by atoms with Crippen molar-refractivity contribution in [3.8, 4) is 22.8 Å². The van der Waals surface area contributed by atoms with Gasteiger partial charge < -0.3 is 15.2 Å². The number of nitrogens with one attached hydrogen (secondary N) is 1. The van der Waals surface area contributed by atoms with Crippen LogP contribution in [0.5, 0.6) is 11.5 Å². The largest absolute Gasteiger partial charge is 0.497 e. The average Bonchev–Trinajstić information content (AvgIpc) is 3.36. The molecule has 2 heterocycles. The van der Waals surface area contributed by atoms with Gasteiger partial charge in [-0.1, -0.05) is 18.2 Å². The van der Waals surface area contributed by atoms with E-state index in [1.807, 2.05) is 54.6 Å². The number of methoxy groups -OCH3 is 1. The molecule has 1 fully saturated rings. The van der Waals surface area contributed by atoms with Crippen LogP contribution in [-0.2, 0) is 11.3 Å². The number of carbonyl (C=O) groups excluding carboxylic acids is 1. The fourth-order valence-electron chi connectivity index (χ4n) is 3.77. The minimum Gasteiger partial charge on any atom is -0.497 e. The Morgan fingerprint density at radius 1 is 1.17 bits per heavy atom. The molecule has 0 saturated carbocycles. The molecule has 4 rings (SSSR count). The molecule has 3 N–H and O–H groups in total. The Balaban J connectivity index is 1.50. The van der Waals surface area contributed by atoms with E-state index < -0.39 is 0 Å². The summed E-state index contributed by atoms with van der Waals surface area (Å²) in [5, 5.41) is 7.27. The van der Waals surface area contributed by atoms with Crippen LogP contribution in [0.25, 0.3) is 11.3 Å². The number of aromatic nitrogens is 2. The summed E-state index contributed by atoms with van der Waals surface area (Å²) in [6, 6.07) is 17.0. The molecule has 1 aliphatic heterocycles. The number of rotatable bonds is 7. The van der Waals surface area contributed by atoms with Gasteiger partial charge in [-0.2, -0.15) is 5.10 Å². The fraction of sp³-hybridized carbons (Fsp3) is 0.273. The fourth-order valence-corrected chi connectivity index (χ4v) is 3.77. The molecule has 150 valence electrons. The van der Waals surface area contributed by atoms with Crippen LogP contribution in [0.1, 0.15) is 12.0 Å². The molecule has 2 atom stereocenters. The summed E-state index contributed by atoms with van der Waals surface area (Å²) in [7, 11) is 1.64. The van der Waals surface area contributed by atoms with E-state index in [1.165, 1.54) is 0 Å². The van der Waals surface area contributed by atoms with Gasteiger partial charge in [-0.25, -0.2) is 0 Å². The number of hydrogen-bond acceptors (Lipinski definition) is 5. The van der Waals surface area contributed by atoms with Crippen molar-refractivity contribution >= 4 is 5.91 Å². The van der Waals surface area contributed by atoms with Gasteiger partial charge in [0.2, 0.25) is 5.91 Å². The quantitative estimate of drug-likeness (QED) is 0.645. The number of primary amides is 1. The number of aromatic amines is 1. The lowest BCUT2D eigenvalue weighted by molar-refractivity contribution is -0.122. The Kier molecular flexibility index (Phi) is 5.48. The second-order valence-electron chi connectivity index (χ2n) is 7.13. The summed E-state index contributed by atoms with van der Waals surface area (Å²) in [5.74, 6) is 1.26. The summed E-state index contributed by atoms with van der Waals surface area (Å²) in [4.78, 5) is 14.1. The number of H-pyrrole nitrogens is 1. The van der Waals surface area contributed by atoms with Crippen LogP contribution in [0.15, 0.2) is 60.8 Å². The molecular weight excluding hydrogens is 368 g/mol. The van der Waals surface area contributed by atoms with Crippen molar-refractivity contribution in [2.24, 2.45) is 5.73 Å². The van der Waals surface area contributed by atoms with Crippen LogP contribution in [0.2, 0.25) is 0 Å². The first kappa shape index (κ1) is 19.0. The topological polar surface area (TPSA) is 93.5 Å². The Morgan fingerprint density at radius 3 is 2.62 bits per heavy atom. The second kappa shape index (κ2) is 8.36. The predicted molar refractivity (Wildman–Crippen MR) is 109 cm³/mol. The molecule has 0 aliphatic carbocycles. The first-order chi connectivity index (χ1) is 14.1. The zero-order chi connectivity index (χ0) is 20.2. The molecule has 3 aromatic rings. The normalized spacial score (nSPS) is 19.2. The van der Waals surface area contributed by atoms with Gasteiger partial charge in [0.05, 0.1) is 25.0 Å². The minimum atomic E-state index is -0.373. The summed E-state index contributed by atoms with van der Waals surface area (Å²) in [6.45, 7) is 1.18. The number of para-hydroxylation sites is 1. The first-order valence-corrected chi connectivity index (χ1v) is 9.56. The van der Waals surface area contributed by atoms with Crippen LogP contribution in [0, 0.1) is 0 Å². The first-order valence-electron chi connectivity index (χ1n) is 9.56. The Hall–Kier alpha value is -3.32. The molecule has 7 nitrogen and oxygen atoms in total. The third kappa shape index (κ3) is 4.25. The van der Waals surface area contributed by atoms with Gasteiger partial charge in [0.15, 0.2) is 0 Å². The number of hydrogen-bond donors (Lipinski definition) is 2. The van der Waals surface area contributed by atoms with Crippen molar-refractivity contribution in [3.63, 3.8) is 0 Å². The molecule has 2 aromatic carbocycles. The number of ether oxygens (including phenoxy) is 2. The number of amides is 1. The summed E-state index contributed by atoms with van der Waals surface area (Å²) >= 11 is 0. The van der Waals surface area contributed by atoms with Gasteiger partial charge in [0, 0.05) is 30.6 Å². The van der Waals surface area contributed by atoms with Crippen molar-refractivity contribution in [1.29, 1.82) is 0 Å². The van der Waals surface area contributed by atoms with Crippen LogP contribution in [-0.4, -0.2) is 46.8 Å². The van der Waals surface area contributed by atoms with Crippen LogP contribution < -0.4 is 15.2 Å². The molecule has 1 amide bonds. The average molecular weight is 392 g/mol. The van der Waals surface area contributed by atoms with Gasteiger partial charge in [0.1, 0.15) is 17.6 Å². The third-order valence-corrected chi connectivity index (χ3v) is 5.21. The highest BCUT2D eigenvalue weighted by molar-refractivity contribution is 5.80. The van der Waals surface area contributed by atoms with Gasteiger partial charge in [0.25, 0.3) is 0 Å². The zero-order valence-corrected chi connectivity index (χ0v) is 16.2. The van der Waals surface area contributed by atoms with Crippen LogP contribution >= 0.6 is 0 Å². The van der Waals surface area contributed by atoms with E-state index in [1.54, 1.807) is 13.3 Å². The van der Waals surface area contributed by atoms with Crippen molar-refractivity contribution in [1.82, 2.24) is 15.1 Å². The van der Waals surface area contributed by atoms with E-state index in [0.29, 0.717) is 19.5 Å². The number of nitrogens with zero attached hydrogens (tertiary/aromatic N) is 2. The lowest BCUT2D eigenvalue weighted by atomic mass is 10.1. The highest BCUT2D eigenvalue weighted by Crippen LogP contribution is 2.28. The second-order valence-corrected chi connectivity index (χ2v) is 7.13. The standard InChI is InChI=1S/C22H24N4O3/c1-28-17-9-7-15(8-10-17)21-16(12-24-25-21)13-26-14-19(11-20(26)22(23)27)29-18-5-3-2-4-6-18/h2-10,12,19-20H,11,13-14H2,1H3,(H2,23,27)(H,24,25)/t19-,20-/m0/s1. The van der Waals surface area contributed by atoms with E-state index in [4.69, 9.17) is 15.2 Å². The van der Waals surface area contributed by atoms with Crippen LogP contribution in [0.3, 0.4) is 0 Å². The van der Waals surface area contributed by atoms with E-state index in [-0.39, 0.29) is 18.1 Å². The maximum absolute atomic E-state index is 12.1. The van der Waals surface area contributed by atoms with Crippen molar-refractivity contribution < 1.29 is 14.3 Å². The molecule has 0 bridgehead atoms. The monoisotopic (exact) mass is 392 g/mol. The smallest absolute Gasteiger partial charge is 0.234 e. The SMILES string of the molecule is COc1ccc(-c2[nH]ncc2CN2C[C@@H](Oc3ccccc3)C[C@H]2C(N)=O)cc1. The molecule has 0 radical (unpaired) electrons. The van der Waals surface area contributed by atoms with Crippen LogP contribution in [0.4, 0.5) is 0 Å². The Bertz CT molecular complexity index is 956. The van der Waals surface area contributed by atoms with Crippen molar-refractivity contribution in [2.75, 3.05) is 13.7 Å². The lowest BCUT2D eigenvalue weighted by Crippen LogP contribution is -2.39. The number of benzene rings is 2. The van der Waals surface area contributed by atoms with E-state index in [0.717, 1.165) is 28.3 Å². The molecule has 7 heteroatoms. The number of likely N-dealkylation sites (tertiary alicyclic amines) is 1. The molecule has 1 aliphatic rings. The molecule has 0 unspecified atom stereocenters. The highest BCUT2D eigenvalue weighted by Gasteiger charge is 2.37. The summed E-state index contributed by atoms with van der Waals surface area (Å²) in [5.41, 5.74) is 8.61. The number of nitrogens with two attached hydrogens (primary N) is 1. The molecule has 1 aromatic heterocycles. The van der Waals surface area contributed by atoms with E-state index in [9.17, 15) is 4.79 Å². The zero-order valence-electron chi connectivity index (χ0n) is 16.2. The third-order valence-electron chi connectivity index (χ3n) is 5.21. The predicted octanol–water partition coefficient (Wildman–Crippen LogP) is 2.59. The van der Waals surface area contributed by atoms with Crippen molar-refractivity contribution in [2.45, 2.75) is 25.1 Å². The maximum Gasteiger partial charge on any atom is 0.234 e. The lowest BCUT2D eigenvalue weighted by Gasteiger charge is -2.21. The molecule has 29 heavy (non-hydrogen) atoms. The molecule has 1 saturated heterocycles. The van der Waals surface area contributed by atoms with Crippen molar-refractivity contribution in [3.05, 3.63) is 66.4 Å². The number of carbonyl (C=O) groups is 1. The molecule has 0 spiro atoms. The van der Waals surface area contributed by atoms with Gasteiger partial charge >= 0.3 is 0 Å². The van der Waals surface area contributed by atoms with Gasteiger partial charge in [-0.3, -0.25) is 14.8 Å².